The first-order valence-electron chi connectivity index (χ1n) is 7.84. The van der Waals surface area contributed by atoms with Crippen molar-refractivity contribution in [2.75, 3.05) is 24.7 Å². The molecule has 0 saturated carbocycles. The van der Waals surface area contributed by atoms with Crippen LogP contribution in [0.5, 0.6) is 5.75 Å². The fraction of sp³-hybridized carbons (Fsp3) is 0.278. The highest BCUT2D eigenvalue weighted by molar-refractivity contribution is 5.94. The van der Waals surface area contributed by atoms with E-state index in [1.165, 1.54) is 12.1 Å². The number of amides is 2. The molecule has 3 rings (SSSR count). The number of halogens is 1. The lowest BCUT2D eigenvalue weighted by Gasteiger charge is -2.19. The first kappa shape index (κ1) is 16.3. The number of hydrogen-bond donors (Lipinski definition) is 2. The summed E-state index contributed by atoms with van der Waals surface area (Å²) in [5.74, 6) is 0.274. The average molecular weight is 330 g/mol. The second-order valence-electron chi connectivity index (χ2n) is 5.51. The van der Waals surface area contributed by atoms with Crippen LogP contribution in [0, 0.1) is 5.82 Å². The Morgan fingerprint density at radius 1 is 1.29 bits per heavy atom. The average Bonchev–Trinajstić information content (AvgIpc) is 3.01. The lowest BCUT2D eigenvalue weighted by molar-refractivity contribution is 0.200. The van der Waals surface area contributed by atoms with Crippen LogP contribution in [0.15, 0.2) is 42.5 Å². The Balaban J connectivity index is 1.66. The van der Waals surface area contributed by atoms with E-state index < -0.39 is 0 Å². The van der Waals surface area contributed by atoms with Gasteiger partial charge in [0.2, 0.25) is 0 Å². The minimum absolute atomic E-state index is 0.0726. The monoisotopic (exact) mass is 330 g/mol. The highest BCUT2D eigenvalue weighted by Gasteiger charge is 2.25. The van der Waals surface area contributed by atoms with Crippen LogP contribution in [0.1, 0.15) is 11.1 Å². The van der Waals surface area contributed by atoms with Crippen molar-refractivity contribution in [3.63, 3.8) is 0 Å². The van der Waals surface area contributed by atoms with Gasteiger partial charge in [0.1, 0.15) is 18.2 Å². The number of rotatable bonds is 5. The van der Waals surface area contributed by atoms with Gasteiger partial charge in [0, 0.05) is 18.7 Å². The molecule has 0 bridgehead atoms. The number of hydrogen-bond acceptors (Lipinski definition) is 3. The summed E-state index contributed by atoms with van der Waals surface area (Å²) >= 11 is 0. The molecule has 1 heterocycles. The minimum atomic E-state index is -0.351. The predicted octanol–water partition coefficient (Wildman–Crippen LogP) is 2.47. The van der Waals surface area contributed by atoms with Crippen molar-refractivity contribution in [3.05, 3.63) is 59.4 Å². The summed E-state index contributed by atoms with van der Waals surface area (Å²) in [6.45, 7) is 0.954. The van der Waals surface area contributed by atoms with Crippen molar-refractivity contribution in [3.8, 4) is 5.75 Å². The molecular weight excluding hydrogens is 311 g/mol. The van der Waals surface area contributed by atoms with Crippen molar-refractivity contribution >= 4 is 11.7 Å². The molecule has 24 heavy (non-hydrogen) atoms. The molecule has 1 aliphatic rings. The summed E-state index contributed by atoms with van der Waals surface area (Å²) in [4.78, 5) is 14.0. The summed E-state index contributed by atoms with van der Waals surface area (Å²) in [6.07, 6.45) is 0.721. The topological polar surface area (TPSA) is 61.8 Å². The number of ether oxygens (including phenoxy) is 1. The number of aliphatic hydroxyl groups is 1. The van der Waals surface area contributed by atoms with Gasteiger partial charge in [0.05, 0.1) is 12.3 Å². The highest BCUT2D eigenvalue weighted by Crippen LogP contribution is 2.28. The Kier molecular flexibility index (Phi) is 4.96. The van der Waals surface area contributed by atoms with Crippen molar-refractivity contribution in [2.24, 2.45) is 0 Å². The molecule has 2 aromatic carbocycles. The second-order valence-corrected chi connectivity index (χ2v) is 5.51. The SMILES string of the molecule is O=C(NCc1ccccc1OCCO)N1CCc2ccc(F)cc21. The van der Waals surface area contributed by atoms with Gasteiger partial charge in [-0.3, -0.25) is 4.90 Å². The van der Waals surface area contributed by atoms with Crippen LogP contribution in [0.4, 0.5) is 14.9 Å². The molecule has 2 amide bonds. The van der Waals surface area contributed by atoms with Crippen molar-refractivity contribution in [1.29, 1.82) is 0 Å². The minimum Gasteiger partial charge on any atom is -0.491 e. The first-order valence-corrected chi connectivity index (χ1v) is 7.84. The molecule has 0 spiro atoms. The molecule has 0 unspecified atom stereocenters. The third kappa shape index (κ3) is 3.49. The Labute approximate surface area is 139 Å². The number of nitrogens with one attached hydrogen (secondary N) is 1. The van der Waals surface area contributed by atoms with Crippen molar-refractivity contribution < 1.29 is 19.0 Å². The first-order chi connectivity index (χ1) is 11.7. The third-order valence-corrected chi connectivity index (χ3v) is 3.94. The number of anilines is 1. The molecular formula is C18H19FN2O3. The Bertz CT molecular complexity index is 736. The van der Waals surface area contributed by atoms with Gasteiger partial charge >= 0.3 is 6.03 Å². The summed E-state index contributed by atoms with van der Waals surface area (Å²) in [6, 6.07) is 11.6. The molecule has 0 saturated heterocycles. The number of aliphatic hydroxyl groups excluding tert-OH is 1. The Morgan fingerprint density at radius 2 is 2.12 bits per heavy atom. The van der Waals surface area contributed by atoms with E-state index in [1.54, 1.807) is 17.0 Å². The lowest BCUT2D eigenvalue weighted by atomic mass is 10.2. The summed E-state index contributed by atoms with van der Waals surface area (Å²) < 4.78 is 18.9. The molecule has 1 aliphatic heterocycles. The van der Waals surface area contributed by atoms with Crippen LogP contribution >= 0.6 is 0 Å². The number of urea groups is 1. The zero-order chi connectivity index (χ0) is 16.9. The largest absolute Gasteiger partial charge is 0.491 e. The number of nitrogens with zero attached hydrogens (tertiary/aromatic N) is 1. The summed E-state index contributed by atoms with van der Waals surface area (Å²) in [7, 11) is 0. The van der Waals surface area contributed by atoms with Crippen LogP contribution in [0.3, 0.4) is 0 Å². The quantitative estimate of drug-likeness (QED) is 0.885. The highest BCUT2D eigenvalue weighted by atomic mass is 19.1. The van der Waals surface area contributed by atoms with Gasteiger partial charge in [0.25, 0.3) is 0 Å². The van der Waals surface area contributed by atoms with Crippen molar-refractivity contribution in [2.45, 2.75) is 13.0 Å². The predicted molar refractivity (Wildman–Crippen MR) is 88.7 cm³/mol. The van der Waals surface area contributed by atoms with Gasteiger partial charge in [-0.25, -0.2) is 9.18 Å². The number of para-hydroxylation sites is 1. The molecule has 126 valence electrons. The summed E-state index contributed by atoms with van der Waals surface area (Å²) in [5.41, 5.74) is 2.41. The maximum Gasteiger partial charge on any atom is 0.322 e. The standard InChI is InChI=1S/C18H19FN2O3/c19-15-6-5-13-7-8-21(16(13)11-15)18(23)20-12-14-3-1-2-4-17(14)24-10-9-22/h1-6,11,22H,7-10,12H2,(H,20,23). The molecule has 0 radical (unpaired) electrons. The molecule has 0 fully saturated rings. The van der Waals surface area contributed by atoms with Gasteiger partial charge in [-0.15, -0.1) is 0 Å². The van der Waals surface area contributed by atoms with Gasteiger partial charge in [-0.1, -0.05) is 24.3 Å². The van der Waals surface area contributed by atoms with Crippen LogP contribution in [-0.4, -0.2) is 30.9 Å². The normalized spacial score (nSPS) is 12.8. The van der Waals surface area contributed by atoms with Crippen LogP contribution in [-0.2, 0) is 13.0 Å². The van der Waals surface area contributed by atoms with E-state index in [-0.39, 0.29) is 25.1 Å². The molecule has 0 aromatic heterocycles. The maximum absolute atomic E-state index is 13.4. The molecule has 0 atom stereocenters. The van der Waals surface area contributed by atoms with Crippen LogP contribution in [0.25, 0.3) is 0 Å². The number of benzene rings is 2. The second kappa shape index (κ2) is 7.31. The van der Waals surface area contributed by atoms with E-state index in [4.69, 9.17) is 9.84 Å². The zero-order valence-corrected chi connectivity index (χ0v) is 13.2. The van der Waals surface area contributed by atoms with E-state index >= 15 is 0 Å². The van der Waals surface area contributed by atoms with Crippen LogP contribution in [0.2, 0.25) is 0 Å². The zero-order valence-electron chi connectivity index (χ0n) is 13.2. The maximum atomic E-state index is 13.4. The number of carbonyl (C=O) groups is 1. The molecule has 6 heteroatoms. The van der Waals surface area contributed by atoms with E-state index in [2.05, 4.69) is 5.32 Å². The third-order valence-electron chi connectivity index (χ3n) is 3.94. The van der Waals surface area contributed by atoms with Gasteiger partial charge in [-0.2, -0.15) is 0 Å². The van der Waals surface area contributed by atoms with Gasteiger partial charge in [0.15, 0.2) is 0 Å². The van der Waals surface area contributed by atoms with Gasteiger partial charge < -0.3 is 15.2 Å². The molecule has 2 N–H and O–H groups in total. The van der Waals surface area contributed by atoms with E-state index in [0.29, 0.717) is 24.5 Å². The van der Waals surface area contributed by atoms with Crippen molar-refractivity contribution in [1.82, 2.24) is 5.32 Å². The Morgan fingerprint density at radius 3 is 2.96 bits per heavy atom. The fourth-order valence-electron chi connectivity index (χ4n) is 2.78. The van der Waals surface area contributed by atoms with Crippen LogP contribution < -0.4 is 15.0 Å². The summed E-state index contributed by atoms with van der Waals surface area (Å²) in [5, 5.41) is 11.7. The number of carbonyl (C=O) groups excluding carboxylic acids is 1. The van der Waals surface area contributed by atoms with E-state index in [0.717, 1.165) is 17.5 Å². The van der Waals surface area contributed by atoms with E-state index in [1.807, 2.05) is 18.2 Å². The van der Waals surface area contributed by atoms with Gasteiger partial charge in [-0.05, 0) is 30.2 Å². The molecule has 5 nitrogen and oxygen atoms in total. The fourth-order valence-corrected chi connectivity index (χ4v) is 2.78. The lowest BCUT2D eigenvalue weighted by Crippen LogP contribution is -2.38. The number of fused-ring (bicyclic) bond motifs is 1. The smallest absolute Gasteiger partial charge is 0.322 e. The Hall–Kier alpha value is -2.60. The molecule has 0 aliphatic carbocycles. The van der Waals surface area contributed by atoms with E-state index in [9.17, 15) is 9.18 Å². The molecule has 2 aromatic rings.